The zero-order valence-corrected chi connectivity index (χ0v) is 8.04. The van der Waals surface area contributed by atoms with Crippen molar-refractivity contribution in [2.24, 2.45) is 5.41 Å². The van der Waals surface area contributed by atoms with Gasteiger partial charge in [-0.25, -0.2) is 13.6 Å². The van der Waals surface area contributed by atoms with Gasteiger partial charge in [-0.05, 0) is 13.3 Å². The van der Waals surface area contributed by atoms with Crippen molar-refractivity contribution in [1.82, 2.24) is 4.90 Å². The van der Waals surface area contributed by atoms with E-state index in [-0.39, 0.29) is 13.0 Å². The van der Waals surface area contributed by atoms with Crippen LogP contribution in [0.4, 0.5) is 13.6 Å². The van der Waals surface area contributed by atoms with Crippen LogP contribution in [0.15, 0.2) is 0 Å². The second kappa shape index (κ2) is 3.32. The molecule has 0 bridgehead atoms. The molecule has 1 saturated heterocycles. The monoisotopic (exact) mass is 223 g/mol. The maximum Gasteiger partial charge on any atom is 0.407 e. The smallest absolute Gasteiger partial charge is 0.407 e. The number of carboxylic acids is 1. The summed E-state index contributed by atoms with van der Waals surface area (Å²) in [6.45, 7) is -0.312. The lowest BCUT2D eigenvalue weighted by molar-refractivity contribution is -0.190. The number of alkyl halides is 2. The molecule has 1 heterocycles. The molecule has 86 valence electrons. The summed E-state index contributed by atoms with van der Waals surface area (Å²) in [5, 5.41) is 17.2. The second-order valence-corrected chi connectivity index (χ2v) is 3.80. The quantitative estimate of drug-likeness (QED) is 0.697. The van der Waals surface area contributed by atoms with Crippen LogP contribution in [-0.2, 0) is 4.79 Å². The SMILES string of the molecule is CC1(C(=O)O)CCN(C(=O)O)CC1(F)F. The van der Waals surface area contributed by atoms with Gasteiger partial charge in [0.15, 0.2) is 0 Å². The van der Waals surface area contributed by atoms with Gasteiger partial charge in [-0.2, -0.15) is 0 Å². The lowest BCUT2D eigenvalue weighted by atomic mass is 9.77. The fourth-order valence-corrected chi connectivity index (χ4v) is 1.46. The first kappa shape index (κ1) is 11.7. The zero-order valence-electron chi connectivity index (χ0n) is 8.04. The average molecular weight is 223 g/mol. The molecule has 1 rings (SSSR count). The second-order valence-electron chi connectivity index (χ2n) is 3.80. The van der Waals surface area contributed by atoms with Crippen LogP contribution in [0.3, 0.4) is 0 Å². The van der Waals surface area contributed by atoms with Crippen molar-refractivity contribution < 1.29 is 28.6 Å². The van der Waals surface area contributed by atoms with Gasteiger partial charge in [-0.15, -0.1) is 0 Å². The molecule has 1 amide bonds. The van der Waals surface area contributed by atoms with Crippen molar-refractivity contribution in [1.29, 1.82) is 0 Å². The molecule has 7 heteroatoms. The van der Waals surface area contributed by atoms with E-state index in [1.54, 1.807) is 0 Å². The Morgan fingerprint density at radius 3 is 2.20 bits per heavy atom. The normalized spacial score (nSPS) is 29.9. The molecule has 0 spiro atoms. The zero-order chi connectivity index (χ0) is 11.9. The Hall–Kier alpha value is -1.40. The number of nitrogens with zero attached hydrogens (tertiary/aromatic N) is 1. The van der Waals surface area contributed by atoms with Crippen LogP contribution in [0.2, 0.25) is 0 Å². The molecule has 0 aromatic rings. The third-order valence-corrected chi connectivity index (χ3v) is 2.82. The Morgan fingerprint density at radius 2 is 1.87 bits per heavy atom. The van der Waals surface area contributed by atoms with E-state index in [1.807, 2.05) is 0 Å². The number of piperidine rings is 1. The summed E-state index contributed by atoms with van der Waals surface area (Å²) in [6, 6.07) is 0. The van der Waals surface area contributed by atoms with Gasteiger partial charge in [-0.3, -0.25) is 4.79 Å². The van der Waals surface area contributed by atoms with Gasteiger partial charge in [0, 0.05) is 6.54 Å². The van der Waals surface area contributed by atoms with Crippen molar-refractivity contribution in [3.63, 3.8) is 0 Å². The van der Waals surface area contributed by atoms with Crippen molar-refractivity contribution in [3.05, 3.63) is 0 Å². The number of carboxylic acid groups (broad SMARTS) is 2. The largest absolute Gasteiger partial charge is 0.481 e. The molecule has 1 atom stereocenters. The summed E-state index contributed by atoms with van der Waals surface area (Å²) in [7, 11) is 0. The Morgan fingerprint density at radius 1 is 1.33 bits per heavy atom. The highest BCUT2D eigenvalue weighted by Crippen LogP contribution is 2.43. The van der Waals surface area contributed by atoms with Gasteiger partial charge in [0.05, 0.1) is 6.54 Å². The summed E-state index contributed by atoms with van der Waals surface area (Å²) in [6.07, 6.45) is -1.84. The minimum Gasteiger partial charge on any atom is -0.481 e. The van der Waals surface area contributed by atoms with Crippen LogP contribution in [0, 0.1) is 5.41 Å². The third-order valence-electron chi connectivity index (χ3n) is 2.82. The van der Waals surface area contributed by atoms with Crippen LogP contribution in [0.1, 0.15) is 13.3 Å². The summed E-state index contributed by atoms with van der Waals surface area (Å²) < 4.78 is 26.9. The molecular weight excluding hydrogens is 212 g/mol. The van der Waals surface area contributed by atoms with Gasteiger partial charge in [0.2, 0.25) is 0 Å². The molecule has 1 aliphatic heterocycles. The Balaban J connectivity index is 2.93. The maximum absolute atomic E-state index is 13.4. The van der Waals surface area contributed by atoms with E-state index in [9.17, 15) is 18.4 Å². The fraction of sp³-hybridized carbons (Fsp3) is 0.750. The van der Waals surface area contributed by atoms with Crippen LogP contribution in [0.5, 0.6) is 0 Å². The molecule has 1 unspecified atom stereocenters. The average Bonchev–Trinajstić information content (AvgIpc) is 2.08. The number of halogens is 2. The van der Waals surface area contributed by atoms with Gasteiger partial charge in [0.25, 0.3) is 5.92 Å². The van der Waals surface area contributed by atoms with E-state index < -0.39 is 29.9 Å². The molecule has 1 fully saturated rings. The number of amides is 1. The summed E-state index contributed by atoms with van der Waals surface area (Å²) in [5.41, 5.74) is -2.18. The van der Waals surface area contributed by atoms with Crippen LogP contribution in [-0.4, -0.2) is 46.2 Å². The fourth-order valence-electron chi connectivity index (χ4n) is 1.46. The van der Waals surface area contributed by atoms with E-state index in [1.165, 1.54) is 0 Å². The molecular formula is C8H11F2NO4. The molecule has 0 aromatic carbocycles. The van der Waals surface area contributed by atoms with Crippen molar-refractivity contribution in [3.8, 4) is 0 Å². The van der Waals surface area contributed by atoms with E-state index in [2.05, 4.69) is 0 Å². The molecule has 2 N–H and O–H groups in total. The number of likely N-dealkylation sites (tertiary alicyclic amines) is 1. The van der Waals surface area contributed by atoms with E-state index in [4.69, 9.17) is 10.2 Å². The number of hydrogen-bond donors (Lipinski definition) is 2. The first-order valence-electron chi connectivity index (χ1n) is 4.30. The van der Waals surface area contributed by atoms with Gasteiger partial charge >= 0.3 is 12.1 Å². The summed E-state index contributed by atoms with van der Waals surface area (Å²) in [4.78, 5) is 21.7. The highest BCUT2D eigenvalue weighted by atomic mass is 19.3. The molecule has 0 aromatic heterocycles. The maximum atomic E-state index is 13.4. The third kappa shape index (κ3) is 1.73. The van der Waals surface area contributed by atoms with E-state index in [0.717, 1.165) is 6.92 Å². The van der Waals surface area contributed by atoms with Crippen molar-refractivity contribution in [2.75, 3.05) is 13.1 Å². The van der Waals surface area contributed by atoms with Gasteiger partial charge < -0.3 is 15.1 Å². The first-order chi connectivity index (χ1) is 6.71. The van der Waals surface area contributed by atoms with E-state index >= 15 is 0 Å². The molecule has 1 aliphatic rings. The van der Waals surface area contributed by atoms with Gasteiger partial charge in [0.1, 0.15) is 5.41 Å². The Kier molecular flexibility index (Phi) is 2.58. The number of hydrogen-bond acceptors (Lipinski definition) is 2. The first-order valence-corrected chi connectivity index (χ1v) is 4.30. The van der Waals surface area contributed by atoms with Gasteiger partial charge in [-0.1, -0.05) is 0 Å². The lowest BCUT2D eigenvalue weighted by Gasteiger charge is -2.41. The van der Waals surface area contributed by atoms with Crippen LogP contribution in [0.25, 0.3) is 0 Å². The minimum absolute atomic E-state index is 0.187. The summed E-state index contributed by atoms with van der Waals surface area (Å²) in [5.74, 6) is -5.15. The van der Waals surface area contributed by atoms with Crippen LogP contribution < -0.4 is 0 Å². The highest BCUT2D eigenvalue weighted by molar-refractivity contribution is 5.76. The molecule has 0 radical (unpaired) electrons. The molecule has 0 aliphatic carbocycles. The number of aliphatic carboxylic acids is 1. The highest BCUT2D eigenvalue weighted by Gasteiger charge is 2.59. The van der Waals surface area contributed by atoms with Crippen molar-refractivity contribution >= 4 is 12.1 Å². The molecule has 0 saturated carbocycles. The van der Waals surface area contributed by atoms with E-state index in [0.29, 0.717) is 4.90 Å². The van der Waals surface area contributed by atoms with Crippen LogP contribution >= 0.6 is 0 Å². The Labute approximate surface area is 84.3 Å². The summed E-state index contributed by atoms with van der Waals surface area (Å²) >= 11 is 0. The predicted octanol–water partition coefficient (Wildman–Crippen LogP) is 1.10. The molecule has 5 nitrogen and oxygen atoms in total. The number of rotatable bonds is 1. The topological polar surface area (TPSA) is 77.8 Å². The predicted molar refractivity (Wildman–Crippen MR) is 44.9 cm³/mol. The standard InChI is InChI=1S/C8H11F2NO4/c1-7(5(12)13)2-3-11(6(14)15)4-8(7,9)10/h2-4H2,1H3,(H,12,13)(H,14,15). The van der Waals surface area contributed by atoms with Crippen molar-refractivity contribution in [2.45, 2.75) is 19.3 Å². The lowest BCUT2D eigenvalue weighted by Crippen LogP contribution is -2.58. The minimum atomic E-state index is -3.55. The number of carbonyl (C=O) groups is 2. The molecule has 15 heavy (non-hydrogen) atoms. The Bertz CT molecular complexity index is 307.